The van der Waals surface area contributed by atoms with Crippen molar-refractivity contribution >= 4 is 17.8 Å². The molecule has 0 radical (unpaired) electrons. The monoisotopic (exact) mass is 275 g/mol. The maximum absolute atomic E-state index is 11.6. The van der Waals surface area contributed by atoms with E-state index in [0.717, 1.165) is 0 Å². The van der Waals surface area contributed by atoms with E-state index < -0.39 is 18.5 Å². The van der Waals surface area contributed by atoms with Gasteiger partial charge in [0.15, 0.2) is 6.61 Å². The van der Waals surface area contributed by atoms with Gasteiger partial charge in [-0.25, -0.2) is 4.79 Å². The third-order valence-electron chi connectivity index (χ3n) is 2.29. The van der Waals surface area contributed by atoms with E-state index in [0.29, 0.717) is 5.56 Å². The summed E-state index contributed by atoms with van der Waals surface area (Å²) in [6.45, 7) is -0.677. The number of benzene rings is 1. The molecule has 7 nitrogen and oxygen atoms in total. The third-order valence-corrected chi connectivity index (χ3v) is 2.29. The van der Waals surface area contributed by atoms with Gasteiger partial charge in [0.1, 0.15) is 0 Å². The number of hydrogen-bond acceptors (Lipinski definition) is 5. The van der Waals surface area contributed by atoms with E-state index in [9.17, 15) is 14.4 Å². The Bertz CT molecular complexity index is 563. The van der Waals surface area contributed by atoms with E-state index in [4.69, 9.17) is 10.00 Å². The van der Waals surface area contributed by atoms with Gasteiger partial charge in [-0.1, -0.05) is 6.07 Å². The first-order valence-electron chi connectivity index (χ1n) is 5.71. The number of rotatable bonds is 5. The largest absolute Gasteiger partial charge is 0.452 e. The smallest absolute Gasteiger partial charge is 0.338 e. The fourth-order valence-corrected chi connectivity index (χ4v) is 1.25. The van der Waals surface area contributed by atoms with E-state index in [-0.39, 0.29) is 18.0 Å². The van der Waals surface area contributed by atoms with Crippen LogP contribution in [-0.4, -0.2) is 38.0 Å². The molecule has 0 saturated carbocycles. The van der Waals surface area contributed by atoms with Crippen LogP contribution in [0.2, 0.25) is 0 Å². The van der Waals surface area contributed by atoms with Gasteiger partial charge >= 0.3 is 5.97 Å². The number of hydrogen-bond donors (Lipinski definition) is 2. The van der Waals surface area contributed by atoms with Gasteiger partial charge < -0.3 is 15.4 Å². The lowest BCUT2D eigenvalue weighted by atomic mass is 10.1. The van der Waals surface area contributed by atoms with Crippen LogP contribution in [0.1, 0.15) is 15.9 Å². The van der Waals surface area contributed by atoms with Crippen molar-refractivity contribution in [2.75, 3.05) is 20.2 Å². The van der Waals surface area contributed by atoms with Crippen LogP contribution in [0.4, 0.5) is 0 Å². The van der Waals surface area contributed by atoms with Crippen LogP contribution in [-0.2, 0) is 14.3 Å². The van der Waals surface area contributed by atoms with Crippen LogP contribution >= 0.6 is 0 Å². The van der Waals surface area contributed by atoms with Gasteiger partial charge in [-0.15, -0.1) is 0 Å². The summed E-state index contributed by atoms with van der Waals surface area (Å²) in [6, 6.07) is 7.83. The number of esters is 1. The molecule has 2 amide bonds. The van der Waals surface area contributed by atoms with Crippen LogP contribution in [0.15, 0.2) is 24.3 Å². The summed E-state index contributed by atoms with van der Waals surface area (Å²) >= 11 is 0. The number of nitrogens with zero attached hydrogens (tertiary/aromatic N) is 1. The molecule has 104 valence electrons. The Labute approximate surface area is 115 Å². The Balaban J connectivity index is 2.45. The van der Waals surface area contributed by atoms with E-state index in [1.807, 2.05) is 6.07 Å². The minimum Gasteiger partial charge on any atom is -0.452 e. The summed E-state index contributed by atoms with van der Waals surface area (Å²) in [5.74, 6) is -1.65. The number of ether oxygens (including phenoxy) is 1. The number of nitriles is 1. The van der Waals surface area contributed by atoms with Gasteiger partial charge in [0, 0.05) is 7.05 Å². The van der Waals surface area contributed by atoms with Crippen molar-refractivity contribution in [2.45, 2.75) is 0 Å². The summed E-state index contributed by atoms with van der Waals surface area (Å²) < 4.78 is 4.76. The molecule has 0 atom stereocenters. The molecule has 0 spiro atoms. The standard InChI is InChI=1S/C13H13N3O4/c1-15-11(17)7-16-12(18)8-20-13(19)10-4-2-3-9(5-10)6-14/h2-5H,7-8H2,1H3,(H,15,17)(H,16,18). The highest BCUT2D eigenvalue weighted by Crippen LogP contribution is 2.05. The summed E-state index contributed by atoms with van der Waals surface area (Å²) in [4.78, 5) is 33.8. The fraction of sp³-hybridized carbons (Fsp3) is 0.231. The Morgan fingerprint density at radius 2 is 2.05 bits per heavy atom. The maximum Gasteiger partial charge on any atom is 0.338 e. The van der Waals surface area contributed by atoms with Gasteiger partial charge in [-0.3, -0.25) is 9.59 Å². The predicted octanol–water partition coefficient (Wildman–Crippen LogP) is -0.423. The van der Waals surface area contributed by atoms with E-state index in [1.54, 1.807) is 12.1 Å². The molecule has 0 aliphatic heterocycles. The van der Waals surface area contributed by atoms with E-state index in [1.165, 1.54) is 19.2 Å². The normalized spacial score (nSPS) is 9.20. The van der Waals surface area contributed by atoms with Crippen LogP contribution in [0.5, 0.6) is 0 Å². The minimum absolute atomic E-state index is 0.183. The highest BCUT2D eigenvalue weighted by atomic mass is 16.5. The molecule has 0 aromatic heterocycles. The van der Waals surface area contributed by atoms with Crippen molar-refractivity contribution in [1.82, 2.24) is 10.6 Å². The molecule has 1 rings (SSSR count). The Hall–Kier alpha value is -2.88. The van der Waals surface area contributed by atoms with Crippen molar-refractivity contribution in [1.29, 1.82) is 5.26 Å². The number of likely N-dealkylation sites (N-methyl/N-ethyl adjacent to an activating group) is 1. The zero-order valence-electron chi connectivity index (χ0n) is 10.8. The lowest BCUT2D eigenvalue weighted by Crippen LogP contribution is -2.37. The first kappa shape index (κ1) is 15.2. The molecular formula is C13H13N3O4. The molecular weight excluding hydrogens is 262 g/mol. The van der Waals surface area contributed by atoms with Crippen molar-refractivity contribution in [3.05, 3.63) is 35.4 Å². The van der Waals surface area contributed by atoms with Gasteiger partial charge in [0.05, 0.1) is 23.7 Å². The van der Waals surface area contributed by atoms with Gasteiger partial charge in [0.25, 0.3) is 5.91 Å². The molecule has 0 aliphatic rings. The van der Waals surface area contributed by atoms with Crippen LogP contribution in [0.3, 0.4) is 0 Å². The SMILES string of the molecule is CNC(=O)CNC(=O)COC(=O)c1cccc(C#N)c1. The first-order valence-corrected chi connectivity index (χ1v) is 5.71. The topological polar surface area (TPSA) is 108 Å². The second-order valence-electron chi connectivity index (χ2n) is 3.72. The van der Waals surface area contributed by atoms with Gasteiger partial charge in [0.2, 0.25) is 5.91 Å². The number of nitrogens with one attached hydrogen (secondary N) is 2. The maximum atomic E-state index is 11.6. The lowest BCUT2D eigenvalue weighted by molar-refractivity contribution is -0.127. The zero-order chi connectivity index (χ0) is 15.0. The summed E-state index contributed by atoms with van der Waals surface area (Å²) in [5.41, 5.74) is 0.506. The third kappa shape index (κ3) is 4.78. The highest BCUT2D eigenvalue weighted by Gasteiger charge is 2.11. The summed E-state index contributed by atoms with van der Waals surface area (Å²) in [5, 5.41) is 13.3. The molecule has 7 heteroatoms. The zero-order valence-corrected chi connectivity index (χ0v) is 10.8. The predicted molar refractivity (Wildman–Crippen MR) is 68.5 cm³/mol. The average molecular weight is 275 g/mol. The quantitative estimate of drug-likeness (QED) is 0.709. The molecule has 1 aromatic carbocycles. The molecule has 0 aliphatic carbocycles. The Morgan fingerprint density at radius 1 is 1.30 bits per heavy atom. The first-order chi connectivity index (χ1) is 9.56. The van der Waals surface area contributed by atoms with Gasteiger partial charge in [-0.2, -0.15) is 5.26 Å². The average Bonchev–Trinajstić information content (AvgIpc) is 2.50. The molecule has 0 bridgehead atoms. The van der Waals surface area contributed by atoms with E-state index in [2.05, 4.69) is 10.6 Å². The molecule has 0 fully saturated rings. The second-order valence-corrected chi connectivity index (χ2v) is 3.72. The minimum atomic E-state index is -0.711. The van der Waals surface area contributed by atoms with Gasteiger partial charge in [-0.05, 0) is 18.2 Å². The van der Waals surface area contributed by atoms with E-state index >= 15 is 0 Å². The van der Waals surface area contributed by atoms with Crippen LogP contribution in [0.25, 0.3) is 0 Å². The van der Waals surface area contributed by atoms with Crippen LogP contribution < -0.4 is 10.6 Å². The lowest BCUT2D eigenvalue weighted by Gasteiger charge is -2.06. The Morgan fingerprint density at radius 3 is 2.70 bits per heavy atom. The molecule has 0 unspecified atom stereocenters. The molecule has 0 saturated heterocycles. The summed E-state index contributed by atoms with van der Waals surface area (Å²) in [6.07, 6.45) is 0. The van der Waals surface area contributed by atoms with Crippen LogP contribution in [0, 0.1) is 11.3 Å². The van der Waals surface area contributed by atoms with Crippen molar-refractivity contribution in [3.8, 4) is 6.07 Å². The van der Waals surface area contributed by atoms with Crippen molar-refractivity contribution < 1.29 is 19.1 Å². The number of amides is 2. The molecule has 0 heterocycles. The molecule has 20 heavy (non-hydrogen) atoms. The fourth-order valence-electron chi connectivity index (χ4n) is 1.25. The highest BCUT2D eigenvalue weighted by molar-refractivity contribution is 5.92. The number of carbonyl (C=O) groups is 3. The molecule has 1 aromatic rings. The summed E-state index contributed by atoms with van der Waals surface area (Å²) in [7, 11) is 1.44. The number of carbonyl (C=O) groups excluding carboxylic acids is 3. The Kier molecular flexibility index (Phi) is 5.72. The molecule has 2 N–H and O–H groups in total. The van der Waals surface area contributed by atoms with Crippen molar-refractivity contribution in [2.24, 2.45) is 0 Å². The second kappa shape index (κ2) is 7.53. The van der Waals surface area contributed by atoms with Crippen molar-refractivity contribution in [3.63, 3.8) is 0 Å².